The molecule has 1 amide bonds. The van der Waals surface area contributed by atoms with Gasteiger partial charge in [0.05, 0.1) is 29.2 Å². The molecule has 0 aromatic carbocycles. The molecule has 40 heavy (non-hydrogen) atoms. The van der Waals surface area contributed by atoms with Gasteiger partial charge in [-0.05, 0) is 75.5 Å². The number of carbonyl (C=O) groups is 2. The van der Waals surface area contributed by atoms with E-state index in [9.17, 15) is 18.4 Å². The lowest BCUT2D eigenvalue weighted by Gasteiger charge is -2.20. The molecule has 7 rings (SSSR count). The third-order valence-corrected chi connectivity index (χ3v) is 8.37. The monoisotopic (exact) mass is 543 g/mol. The van der Waals surface area contributed by atoms with Gasteiger partial charge in [0.25, 0.3) is 0 Å². The number of fused-ring (bicyclic) bond motifs is 2. The van der Waals surface area contributed by atoms with Crippen LogP contribution in [0.3, 0.4) is 0 Å². The third-order valence-electron chi connectivity index (χ3n) is 8.37. The molecule has 0 unspecified atom stereocenters. The van der Waals surface area contributed by atoms with Gasteiger partial charge in [0.15, 0.2) is 17.3 Å². The molecule has 0 bridgehead atoms. The van der Waals surface area contributed by atoms with Gasteiger partial charge >= 0.3 is 0 Å². The average molecular weight is 544 g/mol. The molecule has 204 valence electrons. The zero-order valence-corrected chi connectivity index (χ0v) is 22.1. The summed E-state index contributed by atoms with van der Waals surface area (Å²) >= 11 is 0. The molecule has 4 aromatic rings. The molecule has 4 aromatic heterocycles. The van der Waals surface area contributed by atoms with Crippen molar-refractivity contribution in [2.75, 3.05) is 5.32 Å². The molecule has 2 fully saturated rings. The predicted molar refractivity (Wildman–Crippen MR) is 141 cm³/mol. The molecule has 5 heterocycles. The zero-order chi connectivity index (χ0) is 27.8. The second kappa shape index (κ2) is 8.94. The van der Waals surface area contributed by atoms with Crippen molar-refractivity contribution in [1.82, 2.24) is 29.7 Å². The summed E-state index contributed by atoms with van der Waals surface area (Å²) in [5, 5.41) is 7.69. The Hall–Kier alpha value is -4.15. The van der Waals surface area contributed by atoms with E-state index in [1.165, 1.54) is 29.1 Å². The summed E-state index contributed by atoms with van der Waals surface area (Å²) in [6, 6.07) is 4.04. The first-order valence-electron chi connectivity index (χ1n) is 13.6. The predicted octanol–water partition coefficient (Wildman–Crippen LogP) is 4.85. The lowest BCUT2D eigenvalue weighted by atomic mass is 9.83. The van der Waals surface area contributed by atoms with Crippen LogP contribution < -0.4 is 5.32 Å². The van der Waals surface area contributed by atoms with Crippen molar-refractivity contribution in [3.8, 4) is 11.5 Å². The molecule has 0 saturated heterocycles. The highest BCUT2D eigenvalue weighted by Gasteiger charge is 2.46. The number of aromatic nitrogens is 6. The van der Waals surface area contributed by atoms with Crippen molar-refractivity contribution in [2.45, 2.75) is 57.9 Å². The number of hydrogen-bond acceptors (Lipinski definition) is 7. The van der Waals surface area contributed by atoms with Gasteiger partial charge in [-0.3, -0.25) is 14.6 Å². The highest BCUT2D eigenvalue weighted by molar-refractivity contribution is 6.09. The van der Waals surface area contributed by atoms with Crippen molar-refractivity contribution in [3.05, 3.63) is 59.2 Å². The van der Waals surface area contributed by atoms with E-state index in [-0.39, 0.29) is 52.6 Å². The number of nitrogens with one attached hydrogen (secondary N) is 1. The number of pyridine rings is 2. The first-order chi connectivity index (χ1) is 19.2. The van der Waals surface area contributed by atoms with E-state index < -0.39 is 17.0 Å². The fourth-order valence-electron chi connectivity index (χ4n) is 5.89. The van der Waals surface area contributed by atoms with Gasteiger partial charge < -0.3 is 5.32 Å². The van der Waals surface area contributed by atoms with E-state index >= 15 is 0 Å². The Labute approximate surface area is 228 Å². The molecule has 0 radical (unpaired) electrons. The van der Waals surface area contributed by atoms with Gasteiger partial charge in [-0.2, -0.15) is 5.10 Å². The molecular weight excluding hydrogens is 516 g/mol. The Bertz CT molecular complexity index is 1700. The van der Waals surface area contributed by atoms with Crippen molar-refractivity contribution in [3.63, 3.8) is 0 Å². The number of nitrogens with zero attached hydrogens (tertiary/aromatic N) is 6. The summed E-state index contributed by atoms with van der Waals surface area (Å²) in [5.41, 5.74) is 0.257. The maximum absolute atomic E-state index is 14.4. The Morgan fingerprint density at radius 3 is 2.60 bits per heavy atom. The SMILES string of the molecule is CC1(C)C(=O)Nc2nc(-c3nn(Cc4ncccc4F)c4ncc(F)cc34)nc(C(=O)CC(C3CC3)C3CC3)c21. The van der Waals surface area contributed by atoms with Crippen LogP contribution in [-0.4, -0.2) is 41.4 Å². The Morgan fingerprint density at radius 1 is 1.15 bits per heavy atom. The van der Waals surface area contributed by atoms with Gasteiger partial charge in [0.2, 0.25) is 5.91 Å². The standard InChI is InChI=1S/C29H27F2N7O2/c1-29(2)22-24(21(39)11-17(14-5-6-14)15-7-8-15)34-26(35-25(22)36-28(29)40)23-18-10-16(30)12-33-27(18)38(37-23)13-20-19(31)4-3-9-32-20/h3-4,9-10,12,14-15,17H,5-8,11,13H2,1-2H3,(H,34,35,36,40). The topological polar surface area (TPSA) is 116 Å². The zero-order valence-electron chi connectivity index (χ0n) is 22.1. The van der Waals surface area contributed by atoms with Gasteiger partial charge in [0, 0.05) is 18.2 Å². The smallest absolute Gasteiger partial charge is 0.235 e. The van der Waals surface area contributed by atoms with Crippen molar-refractivity contribution < 1.29 is 18.4 Å². The van der Waals surface area contributed by atoms with Crippen LogP contribution in [-0.2, 0) is 16.8 Å². The molecule has 1 aliphatic heterocycles. The average Bonchev–Trinajstić information content (AvgIpc) is 3.85. The van der Waals surface area contributed by atoms with Gasteiger partial charge in [0.1, 0.15) is 28.8 Å². The number of Topliss-reactive ketones (excluding diaryl/α,β-unsaturated/α-hetero) is 1. The van der Waals surface area contributed by atoms with Crippen LogP contribution >= 0.6 is 0 Å². The van der Waals surface area contributed by atoms with E-state index in [2.05, 4.69) is 25.4 Å². The minimum Gasteiger partial charge on any atom is -0.310 e. The Balaban J connectivity index is 1.36. The minimum absolute atomic E-state index is 0.0622. The van der Waals surface area contributed by atoms with Gasteiger partial charge in [-0.1, -0.05) is 0 Å². The van der Waals surface area contributed by atoms with Crippen LogP contribution in [0.2, 0.25) is 0 Å². The second-order valence-electron chi connectivity index (χ2n) is 11.6. The first kappa shape index (κ1) is 24.9. The number of halogens is 2. The lowest BCUT2D eigenvalue weighted by Crippen LogP contribution is -2.29. The van der Waals surface area contributed by atoms with Crippen LogP contribution in [0.5, 0.6) is 0 Å². The minimum atomic E-state index is -1.00. The van der Waals surface area contributed by atoms with Gasteiger partial charge in [-0.15, -0.1) is 0 Å². The number of rotatable bonds is 8. The molecule has 2 aliphatic carbocycles. The number of carbonyl (C=O) groups excluding carboxylic acids is 2. The number of anilines is 1. The molecule has 2 saturated carbocycles. The summed E-state index contributed by atoms with van der Waals surface area (Å²) in [4.78, 5) is 44.4. The fraction of sp³-hybridized carbons (Fsp3) is 0.414. The fourth-order valence-corrected chi connectivity index (χ4v) is 5.89. The van der Waals surface area contributed by atoms with E-state index in [0.29, 0.717) is 35.1 Å². The summed E-state index contributed by atoms with van der Waals surface area (Å²) in [6.07, 6.45) is 7.47. The van der Waals surface area contributed by atoms with E-state index in [1.54, 1.807) is 13.8 Å². The maximum atomic E-state index is 14.4. The van der Waals surface area contributed by atoms with E-state index in [4.69, 9.17) is 4.98 Å². The molecule has 0 spiro atoms. The summed E-state index contributed by atoms with van der Waals surface area (Å²) in [5.74, 6) is 0.255. The van der Waals surface area contributed by atoms with Crippen LogP contribution in [0.4, 0.5) is 14.6 Å². The highest BCUT2D eigenvalue weighted by Crippen LogP contribution is 2.51. The van der Waals surface area contributed by atoms with Crippen molar-refractivity contribution in [1.29, 1.82) is 0 Å². The van der Waals surface area contributed by atoms with Crippen molar-refractivity contribution in [2.24, 2.45) is 17.8 Å². The number of ketones is 1. The van der Waals surface area contributed by atoms with E-state index in [1.807, 2.05) is 0 Å². The lowest BCUT2D eigenvalue weighted by molar-refractivity contribution is -0.119. The number of hydrogen-bond donors (Lipinski definition) is 1. The largest absolute Gasteiger partial charge is 0.310 e. The Morgan fingerprint density at radius 2 is 1.90 bits per heavy atom. The highest BCUT2D eigenvalue weighted by atomic mass is 19.1. The molecule has 3 aliphatic rings. The molecule has 1 N–H and O–H groups in total. The molecular formula is C29H27F2N7O2. The quantitative estimate of drug-likeness (QED) is 0.316. The molecule has 9 nitrogen and oxygen atoms in total. The second-order valence-corrected chi connectivity index (χ2v) is 11.6. The normalized spacial score (nSPS) is 17.9. The van der Waals surface area contributed by atoms with E-state index in [0.717, 1.165) is 31.9 Å². The van der Waals surface area contributed by atoms with Crippen LogP contribution in [0.1, 0.15) is 67.7 Å². The van der Waals surface area contributed by atoms with Gasteiger partial charge in [-0.25, -0.2) is 28.4 Å². The summed E-state index contributed by atoms with van der Waals surface area (Å²) < 4.78 is 30.2. The van der Waals surface area contributed by atoms with Crippen LogP contribution in [0, 0.1) is 29.4 Å². The molecule has 0 atom stereocenters. The van der Waals surface area contributed by atoms with Crippen LogP contribution in [0.25, 0.3) is 22.6 Å². The first-order valence-corrected chi connectivity index (χ1v) is 13.6. The van der Waals surface area contributed by atoms with Crippen LogP contribution in [0.15, 0.2) is 30.6 Å². The number of amides is 1. The Kier molecular flexibility index (Phi) is 5.55. The third kappa shape index (κ3) is 4.15. The molecule has 11 heteroatoms. The maximum Gasteiger partial charge on any atom is 0.235 e. The summed E-state index contributed by atoms with van der Waals surface area (Å²) in [7, 11) is 0. The summed E-state index contributed by atoms with van der Waals surface area (Å²) in [6.45, 7) is 3.43. The van der Waals surface area contributed by atoms with Crippen molar-refractivity contribution >= 4 is 28.5 Å².